The monoisotopic (exact) mass is 335 g/mol. The molecule has 0 bridgehead atoms. The average molecular weight is 336 g/mol. The van der Waals surface area contributed by atoms with E-state index in [2.05, 4.69) is 15.4 Å². The van der Waals surface area contributed by atoms with Crippen LogP contribution in [0.5, 0.6) is 0 Å². The summed E-state index contributed by atoms with van der Waals surface area (Å²) in [5.41, 5.74) is 0. The predicted molar refractivity (Wildman–Crippen MR) is 76.7 cm³/mol. The van der Waals surface area contributed by atoms with Gasteiger partial charge < -0.3 is 19.7 Å². The Morgan fingerprint density at radius 1 is 1.67 bits per heavy atom. The van der Waals surface area contributed by atoms with Gasteiger partial charge in [-0.25, -0.2) is 15.1 Å². The number of guanidine groups is 1. The van der Waals surface area contributed by atoms with Gasteiger partial charge in [-0.2, -0.15) is 0 Å². The zero-order chi connectivity index (χ0) is 15.5. The van der Waals surface area contributed by atoms with Crippen molar-refractivity contribution in [2.45, 2.75) is 12.3 Å². The number of aromatic nitrogens is 1. The Bertz CT molecular complexity index is 547. The van der Waals surface area contributed by atoms with Gasteiger partial charge in [0, 0.05) is 25.3 Å². The second kappa shape index (κ2) is 6.52. The number of hydrogen-bond acceptors (Lipinski definition) is 6. The Kier molecular flexibility index (Phi) is 4.93. The van der Waals surface area contributed by atoms with Crippen LogP contribution >= 0.6 is 22.9 Å². The summed E-state index contributed by atoms with van der Waals surface area (Å²) in [5.74, 6) is -0.751. The van der Waals surface area contributed by atoms with Gasteiger partial charge >= 0.3 is 0 Å². The summed E-state index contributed by atoms with van der Waals surface area (Å²) >= 11 is 7.09. The van der Waals surface area contributed by atoms with E-state index in [1.165, 1.54) is 25.6 Å². The molecule has 0 unspecified atom stereocenters. The van der Waals surface area contributed by atoms with Gasteiger partial charge in [-0.3, -0.25) is 0 Å². The molecule has 0 spiro atoms. The molecule has 0 radical (unpaired) electrons. The van der Waals surface area contributed by atoms with E-state index in [0.29, 0.717) is 11.0 Å². The summed E-state index contributed by atoms with van der Waals surface area (Å²) in [6, 6.07) is 0. The second-order valence-corrected chi connectivity index (χ2v) is 5.97. The van der Waals surface area contributed by atoms with E-state index in [0.717, 1.165) is 4.88 Å². The van der Waals surface area contributed by atoms with Crippen molar-refractivity contribution in [1.29, 1.82) is 0 Å². The smallest absolute Gasteiger partial charge is 0.272 e. The first-order valence-corrected chi connectivity index (χ1v) is 7.10. The van der Waals surface area contributed by atoms with Crippen LogP contribution in [0.15, 0.2) is 11.3 Å². The molecule has 9 nitrogen and oxygen atoms in total. The van der Waals surface area contributed by atoms with Gasteiger partial charge in [-0.05, 0) is 0 Å². The fourth-order valence-electron chi connectivity index (χ4n) is 1.96. The van der Waals surface area contributed by atoms with Gasteiger partial charge in [0.1, 0.15) is 5.10 Å². The van der Waals surface area contributed by atoms with Crippen LogP contribution in [-0.4, -0.2) is 54.0 Å². The highest BCUT2D eigenvalue weighted by molar-refractivity contribution is 7.15. The summed E-state index contributed by atoms with van der Waals surface area (Å²) < 4.78 is 11.1. The highest BCUT2D eigenvalue weighted by Crippen LogP contribution is 2.23. The van der Waals surface area contributed by atoms with E-state index in [1.54, 1.807) is 11.1 Å². The summed E-state index contributed by atoms with van der Waals surface area (Å²) in [6.07, 6.45) is 1.62. The van der Waals surface area contributed by atoms with Crippen LogP contribution in [0.3, 0.4) is 0 Å². The molecule has 1 fully saturated rings. The maximum Gasteiger partial charge on any atom is 0.272 e. The first-order chi connectivity index (χ1) is 9.98. The molecule has 2 heterocycles. The van der Waals surface area contributed by atoms with Crippen LogP contribution in [0.25, 0.3) is 0 Å². The number of nitro groups is 1. The van der Waals surface area contributed by atoms with E-state index in [-0.39, 0.29) is 19.0 Å². The molecule has 0 atom stereocenters. The minimum Gasteiger partial charge on any atom is -0.350 e. The van der Waals surface area contributed by atoms with Gasteiger partial charge in [0.25, 0.3) is 5.96 Å². The number of halogens is 1. The molecular formula is C10H14ClN5O4S. The van der Waals surface area contributed by atoms with Crippen LogP contribution in [0.4, 0.5) is 0 Å². The van der Waals surface area contributed by atoms with E-state index < -0.39 is 10.8 Å². The largest absolute Gasteiger partial charge is 0.350 e. The molecule has 0 aromatic carbocycles. The number of nitrogens with zero attached hydrogens (tertiary/aromatic N) is 4. The molecule has 1 aromatic rings. The molecule has 2 rings (SSSR count). The van der Waals surface area contributed by atoms with Crippen molar-refractivity contribution in [2.24, 2.45) is 5.10 Å². The molecule has 1 N–H and O–H groups in total. The third-order valence-corrected chi connectivity index (χ3v) is 4.14. The van der Waals surface area contributed by atoms with Gasteiger partial charge in [0.05, 0.1) is 19.6 Å². The van der Waals surface area contributed by atoms with E-state index in [9.17, 15) is 10.1 Å². The third kappa shape index (κ3) is 3.79. The van der Waals surface area contributed by atoms with Crippen molar-refractivity contribution in [3.8, 4) is 0 Å². The molecule has 1 aromatic heterocycles. The SMILES string of the molecule is COC1(OC)CNC(=N[N+](=O)[O-])N(Cc2cnc(Cl)s2)C1. The van der Waals surface area contributed by atoms with Crippen molar-refractivity contribution in [3.63, 3.8) is 0 Å². The molecule has 0 amide bonds. The van der Waals surface area contributed by atoms with Gasteiger partial charge in [-0.1, -0.05) is 11.6 Å². The molecule has 0 aliphatic carbocycles. The zero-order valence-corrected chi connectivity index (χ0v) is 13.0. The summed E-state index contributed by atoms with van der Waals surface area (Å²) in [5, 5.41) is 16.1. The molecule has 116 valence electrons. The summed E-state index contributed by atoms with van der Waals surface area (Å²) in [7, 11) is 3.03. The summed E-state index contributed by atoms with van der Waals surface area (Å²) in [4.78, 5) is 17.1. The van der Waals surface area contributed by atoms with Gasteiger partial charge in [0.15, 0.2) is 9.50 Å². The first kappa shape index (κ1) is 15.9. The number of rotatable bonds is 5. The predicted octanol–water partition coefficient (Wildman–Crippen LogP) is 0.739. The number of thiazole rings is 1. The Morgan fingerprint density at radius 3 is 2.90 bits per heavy atom. The molecule has 21 heavy (non-hydrogen) atoms. The number of nitrogens with one attached hydrogen (secondary N) is 1. The van der Waals surface area contributed by atoms with Crippen LogP contribution in [-0.2, 0) is 16.0 Å². The maximum atomic E-state index is 10.6. The first-order valence-electron chi connectivity index (χ1n) is 5.90. The fourth-order valence-corrected chi connectivity index (χ4v) is 2.95. The van der Waals surface area contributed by atoms with Crippen molar-refractivity contribution < 1.29 is 14.5 Å². The highest BCUT2D eigenvalue weighted by atomic mass is 35.5. The lowest BCUT2D eigenvalue weighted by Crippen LogP contribution is -2.62. The zero-order valence-electron chi connectivity index (χ0n) is 11.4. The van der Waals surface area contributed by atoms with Crippen LogP contribution in [0.2, 0.25) is 4.47 Å². The lowest BCUT2D eigenvalue weighted by Gasteiger charge is -2.41. The normalized spacial score (nSPS) is 19.6. The summed E-state index contributed by atoms with van der Waals surface area (Å²) in [6.45, 7) is 0.903. The van der Waals surface area contributed by atoms with E-state index in [1.807, 2.05) is 0 Å². The quantitative estimate of drug-likeness (QED) is 0.481. The minimum absolute atomic E-state index is 0.147. The average Bonchev–Trinajstić information content (AvgIpc) is 2.86. The molecular weight excluding hydrogens is 322 g/mol. The van der Waals surface area contributed by atoms with E-state index >= 15 is 0 Å². The van der Waals surface area contributed by atoms with Crippen LogP contribution in [0.1, 0.15) is 4.88 Å². The number of hydrogen-bond donors (Lipinski definition) is 1. The molecule has 1 saturated heterocycles. The van der Waals surface area contributed by atoms with Gasteiger partial charge in [-0.15, -0.1) is 11.3 Å². The molecule has 1 aliphatic rings. The Morgan fingerprint density at radius 2 is 2.38 bits per heavy atom. The fraction of sp³-hybridized carbons (Fsp3) is 0.600. The van der Waals surface area contributed by atoms with Crippen molar-refractivity contribution >= 4 is 28.9 Å². The molecule has 0 saturated carbocycles. The minimum atomic E-state index is -0.899. The molecule has 11 heteroatoms. The lowest BCUT2D eigenvalue weighted by molar-refractivity contribution is -0.486. The Labute approximate surface area is 129 Å². The maximum absolute atomic E-state index is 10.6. The number of hydrazone groups is 1. The van der Waals surface area contributed by atoms with Gasteiger partial charge in [0.2, 0.25) is 5.79 Å². The van der Waals surface area contributed by atoms with Crippen LogP contribution < -0.4 is 5.32 Å². The second-order valence-electron chi connectivity index (χ2n) is 4.27. The number of methoxy groups -OCH3 is 2. The molecule has 1 aliphatic heterocycles. The highest BCUT2D eigenvalue weighted by Gasteiger charge is 2.39. The standard InChI is InChI=1S/C10H14ClN5O4S/c1-19-10(20-2)5-13-9(14-16(17)18)15(6-10)4-7-3-12-8(11)21-7/h3H,4-6H2,1-2H3,(H,13,14). The van der Waals surface area contributed by atoms with Crippen molar-refractivity contribution in [2.75, 3.05) is 27.3 Å². The number of ether oxygens (including phenoxy) is 2. The van der Waals surface area contributed by atoms with Crippen molar-refractivity contribution in [1.82, 2.24) is 15.2 Å². The topological polar surface area (TPSA) is 102 Å². The van der Waals surface area contributed by atoms with Crippen LogP contribution in [0, 0.1) is 10.1 Å². The van der Waals surface area contributed by atoms with Crippen molar-refractivity contribution in [3.05, 3.63) is 25.7 Å². The Balaban J connectivity index is 2.22. The lowest BCUT2D eigenvalue weighted by atomic mass is 10.2. The third-order valence-electron chi connectivity index (χ3n) is 3.04. The Hall–Kier alpha value is -1.49. The van der Waals surface area contributed by atoms with E-state index in [4.69, 9.17) is 21.1 Å².